The van der Waals surface area contributed by atoms with Crippen LogP contribution >= 0.6 is 23.2 Å². The van der Waals surface area contributed by atoms with E-state index < -0.39 is 22.0 Å². The summed E-state index contributed by atoms with van der Waals surface area (Å²) in [5.74, 6) is -0.0940. The fourth-order valence-electron chi connectivity index (χ4n) is 2.91. The first kappa shape index (κ1) is 23.5. The molecule has 0 unspecified atom stereocenters. The second-order valence-electron chi connectivity index (χ2n) is 7.34. The van der Waals surface area contributed by atoms with E-state index >= 15 is 0 Å². The second-order valence-corrected chi connectivity index (χ2v) is 9.87. The van der Waals surface area contributed by atoms with Crippen LogP contribution in [0.5, 0.6) is 11.5 Å². The first-order valence-corrected chi connectivity index (χ1v) is 11.8. The van der Waals surface area contributed by atoms with E-state index in [0.29, 0.717) is 36.8 Å². The maximum Gasteiger partial charge on any atom is 0.242 e. The second kappa shape index (κ2) is 9.52. The topological polar surface area (TPSA) is 120 Å². The zero-order chi connectivity index (χ0) is 22.8. The van der Waals surface area contributed by atoms with Crippen LogP contribution in [0.1, 0.15) is 20.3 Å². The van der Waals surface area contributed by atoms with Crippen molar-refractivity contribution in [3.8, 4) is 11.5 Å². The Kier molecular flexibility index (Phi) is 7.20. The Labute approximate surface area is 191 Å². The van der Waals surface area contributed by atoms with Crippen LogP contribution in [0, 0.1) is 5.92 Å². The van der Waals surface area contributed by atoms with E-state index in [4.69, 9.17) is 38.4 Å². The Morgan fingerprint density at radius 3 is 2.29 bits per heavy atom. The molecule has 0 fully saturated rings. The summed E-state index contributed by atoms with van der Waals surface area (Å²) >= 11 is 12.0. The lowest BCUT2D eigenvalue weighted by Crippen LogP contribution is -2.47. The van der Waals surface area contributed by atoms with Crippen LogP contribution < -0.4 is 25.2 Å². The van der Waals surface area contributed by atoms with E-state index in [1.54, 1.807) is 13.8 Å². The molecule has 2 aromatic carbocycles. The van der Waals surface area contributed by atoms with E-state index in [2.05, 4.69) is 10.0 Å². The summed E-state index contributed by atoms with van der Waals surface area (Å²) in [6.07, 6.45) is 0.698. The van der Waals surface area contributed by atoms with Crippen LogP contribution in [0.3, 0.4) is 0 Å². The van der Waals surface area contributed by atoms with Crippen LogP contribution in [-0.2, 0) is 14.8 Å². The molecule has 1 aliphatic heterocycles. The average Bonchev–Trinajstić information content (AvgIpc) is 2.94. The molecule has 0 spiro atoms. The summed E-state index contributed by atoms with van der Waals surface area (Å²) in [5.41, 5.74) is 6.20. The summed E-state index contributed by atoms with van der Waals surface area (Å²) in [6.45, 7) is 4.37. The van der Waals surface area contributed by atoms with Crippen molar-refractivity contribution in [1.29, 1.82) is 0 Å². The molecule has 1 amide bonds. The number of nitrogens with two attached hydrogens (primary N) is 1. The van der Waals surface area contributed by atoms with Gasteiger partial charge in [0.15, 0.2) is 11.5 Å². The third kappa shape index (κ3) is 5.54. The Hall–Kier alpha value is -2.20. The van der Waals surface area contributed by atoms with Gasteiger partial charge in [-0.15, -0.1) is 0 Å². The van der Waals surface area contributed by atoms with Gasteiger partial charge in [0, 0.05) is 18.2 Å². The van der Waals surface area contributed by atoms with Crippen LogP contribution in [0.2, 0.25) is 10.0 Å². The summed E-state index contributed by atoms with van der Waals surface area (Å²) in [6, 6.07) is 6.16. The van der Waals surface area contributed by atoms with Gasteiger partial charge in [-0.05, 0) is 30.2 Å². The number of amides is 1. The van der Waals surface area contributed by atoms with E-state index in [0.717, 1.165) is 0 Å². The van der Waals surface area contributed by atoms with Gasteiger partial charge in [-0.25, -0.2) is 8.42 Å². The van der Waals surface area contributed by atoms with Crippen molar-refractivity contribution >= 4 is 50.5 Å². The van der Waals surface area contributed by atoms with E-state index in [1.165, 1.54) is 30.3 Å². The number of carbonyl (C=O) groups is 1. The highest BCUT2D eigenvalue weighted by molar-refractivity contribution is 7.89. The zero-order valence-electron chi connectivity index (χ0n) is 16.9. The molecule has 0 saturated carbocycles. The van der Waals surface area contributed by atoms with E-state index in [1.807, 2.05) is 0 Å². The SMILES string of the molecule is CC(C)[C@@H](NS(=O)(=O)c1ccc2c(c1)OCCCO2)C(=O)Nc1cc(Cl)c(N)c(Cl)c1. The van der Waals surface area contributed by atoms with Gasteiger partial charge in [0.1, 0.15) is 6.04 Å². The number of benzene rings is 2. The molecule has 2 aromatic rings. The van der Waals surface area contributed by atoms with Gasteiger partial charge in [-0.2, -0.15) is 4.72 Å². The highest BCUT2D eigenvalue weighted by Gasteiger charge is 2.29. The predicted molar refractivity (Wildman–Crippen MR) is 121 cm³/mol. The van der Waals surface area contributed by atoms with Gasteiger partial charge >= 0.3 is 0 Å². The summed E-state index contributed by atoms with van der Waals surface area (Å²) < 4.78 is 39.5. The van der Waals surface area contributed by atoms with E-state index in [9.17, 15) is 13.2 Å². The molecule has 0 aromatic heterocycles. The highest BCUT2D eigenvalue weighted by Crippen LogP contribution is 2.33. The lowest BCUT2D eigenvalue weighted by molar-refractivity contribution is -0.118. The van der Waals surface area contributed by atoms with E-state index in [-0.39, 0.29) is 26.5 Å². The lowest BCUT2D eigenvalue weighted by atomic mass is 10.0. The third-order valence-corrected chi connectivity index (χ3v) is 6.67. The van der Waals surface area contributed by atoms with Crippen LogP contribution in [0.25, 0.3) is 0 Å². The van der Waals surface area contributed by atoms with Gasteiger partial charge in [0.05, 0.1) is 33.8 Å². The monoisotopic (exact) mass is 487 g/mol. The Morgan fingerprint density at radius 2 is 1.68 bits per heavy atom. The number of sulfonamides is 1. The predicted octanol–water partition coefficient (Wildman–Crippen LogP) is 3.68. The standard InChI is InChI=1S/C20H23Cl2N3O5S/c1-11(2)19(20(26)24-12-8-14(21)18(23)15(22)9-12)25-31(27,28)13-4-5-16-17(10-13)30-7-3-6-29-16/h4-5,8-11,19,25H,3,6-7,23H2,1-2H3,(H,24,26)/t19-/m1/s1. The molecule has 8 nitrogen and oxygen atoms in total. The van der Waals surface area contributed by atoms with Crippen molar-refractivity contribution in [3.63, 3.8) is 0 Å². The number of anilines is 2. The van der Waals surface area contributed by atoms with Gasteiger partial charge < -0.3 is 20.5 Å². The minimum Gasteiger partial charge on any atom is -0.490 e. The molecule has 1 aliphatic rings. The molecule has 4 N–H and O–H groups in total. The molecule has 0 aliphatic carbocycles. The highest BCUT2D eigenvalue weighted by atomic mass is 35.5. The molecule has 1 heterocycles. The summed E-state index contributed by atoms with van der Waals surface area (Å²) in [4.78, 5) is 12.8. The van der Waals surface area contributed by atoms with Crippen LogP contribution in [0.4, 0.5) is 11.4 Å². The summed E-state index contributed by atoms with van der Waals surface area (Å²) in [5, 5.41) is 2.98. The number of fused-ring (bicyclic) bond motifs is 1. The Balaban J connectivity index is 1.82. The van der Waals surface area contributed by atoms with Crippen molar-refractivity contribution in [3.05, 3.63) is 40.4 Å². The fraction of sp³-hybridized carbons (Fsp3) is 0.350. The molecular formula is C20H23Cl2N3O5S. The van der Waals surface area contributed by atoms with Crippen molar-refractivity contribution in [2.45, 2.75) is 31.2 Å². The number of nitrogens with one attached hydrogen (secondary N) is 2. The summed E-state index contributed by atoms with van der Waals surface area (Å²) in [7, 11) is -4.03. The molecule has 31 heavy (non-hydrogen) atoms. The molecule has 1 atom stereocenters. The van der Waals surface area contributed by atoms with Crippen molar-refractivity contribution < 1.29 is 22.7 Å². The average molecular weight is 488 g/mol. The first-order valence-electron chi connectivity index (χ1n) is 9.56. The number of rotatable bonds is 6. The molecular weight excluding hydrogens is 465 g/mol. The lowest BCUT2D eigenvalue weighted by Gasteiger charge is -2.22. The fourth-order valence-corrected chi connectivity index (χ4v) is 4.76. The number of ether oxygens (including phenoxy) is 2. The van der Waals surface area contributed by atoms with Gasteiger partial charge in [0.2, 0.25) is 15.9 Å². The zero-order valence-corrected chi connectivity index (χ0v) is 19.3. The maximum absolute atomic E-state index is 13.0. The number of nitrogen functional groups attached to an aromatic ring is 1. The smallest absolute Gasteiger partial charge is 0.242 e. The normalized spacial score (nSPS) is 14.7. The minimum absolute atomic E-state index is 0.0335. The maximum atomic E-state index is 13.0. The molecule has 168 valence electrons. The van der Waals surface area contributed by atoms with Crippen molar-refractivity contribution in [2.75, 3.05) is 24.3 Å². The molecule has 0 saturated heterocycles. The molecule has 0 radical (unpaired) electrons. The van der Waals surface area contributed by atoms with Gasteiger partial charge in [-0.1, -0.05) is 37.0 Å². The minimum atomic E-state index is -4.03. The molecule has 3 rings (SSSR count). The number of hydrogen-bond acceptors (Lipinski definition) is 6. The third-order valence-electron chi connectivity index (χ3n) is 4.61. The number of halogens is 2. The first-order chi connectivity index (χ1) is 14.6. The molecule has 11 heteroatoms. The van der Waals surface area contributed by atoms with Crippen LogP contribution in [0.15, 0.2) is 35.2 Å². The largest absolute Gasteiger partial charge is 0.490 e. The van der Waals surface area contributed by atoms with Crippen molar-refractivity contribution in [1.82, 2.24) is 4.72 Å². The van der Waals surface area contributed by atoms with Crippen LogP contribution in [-0.4, -0.2) is 33.6 Å². The Morgan fingerprint density at radius 1 is 1.06 bits per heavy atom. The number of hydrogen-bond donors (Lipinski definition) is 3. The van der Waals surface area contributed by atoms with Crippen molar-refractivity contribution in [2.24, 2.45) is 5.92 Å². The number of carbonyl (C=O) groups excluding carboxylic acids is 1. The quantitative estimate of drug-likeness (QED) is 0.534. The van der Waals surface area contributed by atoms with Gasteiger partial charge in [0.25, 0.3) is 0 Å². The van der Waals surface area contributed by atoms with Gasteiger partial charge in [-0.3, -0.25) is 4.79 Å². The Bertz CT molecular complexity index is 1070. The molecule has 0 bridgehead atoms.